The molecule has 0 radical (unpaired) electrons. The van der Waals surface area contributed by atoms with Crippen molar-refractivity contribution in [1.82, 2.24) is 4.90 Å². The fraction of sp³-hybridized carbons (Fsp3) is 0.455. The molecule has 16 heavy (non-hydrogen) atoms. The Morgan fingerprint density at radius 2 is 1.75 bits per heavy atom. The molecular weight excluding hydrogens is 226 g/mol. The highest BCUT2D eigenvalue weighted by Crippen LogP contribution is 2.19. The monoisotopic (exact) mass is 243 g/mol. The van der Waals surface area contributed by atoms with Crippen LogP contribution in [0.25, 0.3) is 0 Å². The van der Waals surface area contributed by atoms with Crippen molar-refractivity contribution in [2.24, 2.45) is 0 Å². The molecule has 0 aromatic heterocycles. The Kier molecular flexibility index (Phi) is 4.07. The lowest BCUT2D eigenvalue weighted by molar-refractivity contribution is 0.171. The number of rotatable bonds is 4. The van der Waals surface area contributed by atoms with E-state index in [-0.39, 0.29) is 12.6 Å². The fourth-order valence-electron chi connectivity index (χ4n) is 1.50. The van der Waals surface area contributed by atoms with E-state index >= 15 is 0 Å². The summed E-state index contributed by atoms with van der Waals surface area (Å²) < 4.78 is 22.5. The normalized spacial score (nSPS) is 14.1. The van der Waals surface area contributed by atoms with Crippen LogP contribution in [-0.2, 0) is 9.84 Å². The Labute approximate surface area is 96.4 Å². The molecule has 0 saturated heterocycles. The number of benzene rings is 1. The molecule has 0 amide bonds. The Balaban J connectivity index is 3.03. The van der Waals surface area contributed by atoms with Crippen LogP contribution in [0.2, 0.25) is 0 Å². The predicted molar refractivity (Wildman–Crippen MR) is 63.1 cm³/mol. The van der Waals surface area contributed by atoms with Crippen molar-refractivity contribution in [2.45, 2.75) is 10.9 Å². The predicted octanol–water partition coefficient (Wildman–Crippen LogP) is 0.685. The van der Waals surface area contributed by atoms with Crippen molar-refractivity contribution in [3.63, 3.8) is 0 Å². The third-order valence-electron chi connectivity index (χ3n) is 2.49. The van der Waals surface area contributed by atoms with Crippen molar-refractivity contribution in [1.29, 1.82) is 0 Å². The van der Waals surface area contributed by atoms with E-state index in [9.17, 15) is 13.5 Å². The SMILES string of the molecule is CN(C)C(CO)c1ccc(S(C)(=O)=O)cc1. The Morgan fingerprint density at radius 1 is 1.25 bits per heavy atom. The average Bonchev–Trinajstić information content (AvgIpc) is 2.17. The maximum absolute atomic E-state index is 11.3. The summed E-state index contributed by atoms with van der Waals surface area (Å²) in [5, 5.41) is 9.22. The highest BCUT2D eigenvalue weighted by Gasteiger charge is 2.13. The van der Waals surface area contributed by atoms with Gasteiger partial charge in [0, 0.05) is 6.26 Å². The number of sulfone groups is 1. The van der Waals surface area contributed by atoms with Crippen LogP contribution in [0.4, 0.5) is 0 Å². The second kappa shape index (κ2) is 4.95. The van der Waals surface area contributed by atoms with Crippen molar-refractivity contribution in [3.05, 3.63) is 29.8 Å². The van der Waals surface area contributed by atoms with E-state index < -0.39 is 9.84 Å². The van der Waals surface area contributed by atoms with E-state index in [1.165, 1.54) is 6.26 Å². The summed E-state index contributed by atoms with van der Waals surface area (Å²) in [4.78, 5) is 2.18. The summed E-state index contributed by atoms with van der Waals surface area (Å²) in [6.07, 6.45) is 1.18. The van der Waals surface area contributed by atoms with Gasteiger partial charge >= 0.3 is 0 Å². The lowest BCUT2D eigenvalue weighted by atomic mass is 10.1. The first kappa shape index (κ1) is 13.2. The van der Waals surface area contributed by atoms with Gasteiger partial charge in [-0.1, -0.05) is 12.1 Å². The van der Waals surface area contributed by atoms with Crippen molar-refractivity contribution < 1.29 is 13.5 Å². The first-order chi connectivity index (χ1) is 7.36. The van der Waals surface area contributed by atoms with E-state index in [0.29, 0.717) is 4.90 Å². The molecular formula is C11H17NO3S. The largest absolute Gasteiger partial charge is 0.394 e. The molecule has 0 fully saturated rings. The lowest BCUT2D eigenvalue weighted by Gasteiger charge is -2.22. The molecule has 5 heteroatoms. The summed E-state index contributed by atoms with van der Waals surface area (Å²) in [6, 6.07) is 6.50. The van der Waals surface area contributed by atoms with Gasteiger partial charge in [-0.15, -0.1) is 0 Å². The molecule has 0 heterocycles. The van der Waals surface area contributed by atoms with Gasteiger partial charge in [-0.3, -0.25) is 0 Å². The third kappa shape index (κ3) is 3.04. The molecule has 4 nitrogen and oxygen atoms in total. The molecule has 1 rings (SSSR count). The third-order valence-corrected chi connectivity index (χ3v) is 3.62. The zero-order chi connectivity index (χ0) is 12.3. The van der Waals surface area contributed by atoms with Crippen LogP contribution in [0, 0.1) is 0 Å². The molecule has 1 aromatic carbocycles. The standard InChI is InChI=1S/C11H17NO3S/c1-12(2)11(8-13)9-4-6-10(7-5-9)16(3,14)15/h4-7,11,13H,8H2,1-3H3. The first-order valence-corrected chi connectivity index (χ1v) is 6.82. The molecule has 0 saturated carbocycles. The first-order valence-electron chi connectivity index (χ1n) is 4.93. The van der Waals surface area contributed by atoms with Gasteiger partial charge in [-0.25, -0.2) is 8.42 Å². The lowest BCUT2D eigenvalue weighted by Crippen LogP contribution is -2.23. The summed E-state index contributed by atoms with van der Waals surface area (Å²) in [5.74, 6) is 0. The molecule has 0 spiro atoms. The molecule has 1 N–H and O–H groups in total. The van der Waals surface area contributed by atoms with Gasteiger partial charge in [-0.2, -0.15) is 0 Å². The van der Waals surface area contributed by atoms with Crippen LogP contribution >= 0.6 is 0 Å². The summed E-state index contributed by atoms with van der Waals surface area (Å²) in [5.41, 5.74) is 0.903. The van der Waals surface area contributed by atoms with Gasteiger partial charge in [0.2, 0.25) is 0 Å². The van der Waals surface area contributed by atoms with Gasteiger partial charge in [0.15, 0.2) is 9.84 Å². The van der Waals surface area contributed by atoms with Gasteiger partial charge in [0.25, 0.3) is 0 Å². The second-order valence-electron chi connectivity index (χ2n) is 4.00. The number of likely N-dealkylation sites (N-methyl/N-ethyl adjacent to an activating group) is 1. The number of hydrogen-bond donors (Lipinski definition) is 1. The molecule has 0 bridgehead atoms. The molecule has 0 aliphatic carbocycles. The van der Waals surface area contributed by atoms with Crippen LogP contribution in [0.3, 0.4) is 0 Å². The minimum Gasteiger partial charge on any atom is -0.394 e. The average molecular weight is 243 g/mol. The number of hydrogen-bond acceptors (Lipinski definition) is 4. The van der Waals surface area contributed by atoms with Crippen molar-refractivity contribution >= 4 is 9.84 Å². The molecule has 1 aromatic rings. The fourth-order valence-corrected chi connectivity index (χ4v) is 2.13. The number of aliphatic hydroxyl groups excluding tert-OH is 1. The van der Waals surface area contributed by atoms with Crippen LogP contribution in [-0.4, -0.2) is 45.4 Å². The molecule has 1 unspecified atom stereocenters. The summed E-state index contributed by atoms with van der Waals surface area (Å²) >= 11 is 0. The maximum Gasteiger partial charge on any atom is 0.175 e. The summed E-state index contributed by atoms with van der Waals surface area (Å²) in [7, 11) is 0.585. The minimum absolute atomic E-state index is 0.00518. The Morgan fingerprint density at radius 3 is 2.06 bits per heavy atom. The highest BCUT2D eigenvalue weighted by atomic mass is 32.2. The van der Waals surface area contributed by atoms with Crippen LogP contribution < -0.4 is 0 Å². The van der Waals surface area contributed by atoms with E-state index in [2.05, 4.69) is 0 Å². The van der Waals surface area contributed by atoms with E-state index in [1.807, 2.05) is 19.0 Å². The topological polar surface area (TPSA) is 57.6 Å². The summed E-state index contributed by atoms with van der Waals surface area (Å²) in [6.45, 7) is 0.00518. The quantitative estimate of drug-likeness (QED) is 0.845. The zero-order valence-electron chi connectivity index (χ0n) is 9.71. The zero-order valence-corrected chi connectivity index (χ0v) is 10.5. The Hall–Kier alpha value is -0.910. The van der Waals surface area contributed by atoms with Gasteiger partial charge in [0.05, 0.1) is 17.5 Å². The Bertz CT molecular complexity index is 437. The molecule has 0 aliphatic heterocycles. The smallest absolute Gasteiger partial charge is 0.175 e. The van der Waals surface area contributed by atoms with Crippen molar-refractivity contribution in [3.8, 4) is 0 Å². The maximum atomic E-state index is 11.3. The molecule has 90 valence electrons. The van der Waals surface area contributed by atoms with E-state index in [0.717, 1.165) is 5.56 Å². The van der Waals surface area contributed by atoms with E-state index in [4.69, 9.17) is 0 Å². The number of aliphatic hydroxyl groups is 1. The van der Waals surface area contributed by atoms with E-state index in [1.54, 1.807) is 24.3 Å². The minimum atomic E-state index is -3.15. The number of nitrogens with zero attached hydrogens (tertiary/aromatic N) is 1. The van der Waals surface area contributed by atoms with Gasteiger partial charge in [0.1, 0.15) is 0 Å². The van der Waals surface area contributed by atoms with Crippen LogP contribution in [0.1, 0.15) is 11.6 Å². The highest BCUT2D eigenvalue weighted by molar-refractivity contribution is 7.90. The molecule has 1 atom stereocenters. The molecule has 0 aliphatic rings. The second-order valence-corrected chi connectivity index (χ2v) is 6.02. The van der Waals surface area contributed by atoms with Crippen LogP contribution in [0.15, 0.2) is 29.2 Å². The van der Waals surface area contributed by atoms with Crippen molar-refractivity contribution in [2.75, 3.05) is 27.0 Å². The van der Waals surface area contributed by atoms with Gasteiger partial charge < -0.3 is 10.0 Å². The van der Waals surface area contributed by atoms with Gasteiger partial charge in [-0.05, 0) is 31.8 Å². The van der Waals surface area contributed by atoms with Crippen LogP contribution in [0.5, 0.6) is 0 Å².